The molecule has 2 heterocycles. The van der Waals surface area contributed by atoms with Gasteiger partial charge in [-0.1, -0.05) is 12.1 Å². The monoisotopic (exact) mass is 410 g/mol. The largest absolute Gasteiger partial charge is 0.379 e. The summed E-state index contributed by atoms with van der Waals surface area (Å²) in [5.41, 5.74) is 8.13. The molecule has 1 aromatic heterocycles. The maximum atomic E-state index is 12.5. The van der Waals surface area contributed by atoms with Gasteiger partial charge < -0.3 is 15.8 Å². The van der Waals surface area contributed by atoms with Crippen LogP contribution in [0.15, 0.2) is 42.5 Å². The molecular formula is C21H22N4O3S. The van der Waals surface area contributed by atoms with Gasteiger partial charge in [0.1, 0.15) is 5.01 Å². The highest BCUT2D eigenvalue weighted by Gasteiger charge is 2.13. The molecule has 150 valence electrons. The summed E-state index contributed by atoms with van der Waals surface area (Å²) < 4.78 is 6.28. The van der Waals surface area contributed by atoms with Gasteiger partial charge in [-0.3, -0.25) is 14.5 Å². The van der Waals surface area contributed by atoms with E-state index >= 15 is 0 Å². The zero-order valence-electron chi connectivity index (χ0n) is 15.9. The van der Waals surface area contributed by atoms with E-state index in [1.807, 2.05) is 24.3 Å². The molecule has 8 heteroatoms. The number of primary amides is 1. The Kier molecular flexibility index (Phi) is 5.84. The number of thiazole rings is 1. The van der Waals surface area contributed by atoms with Gasteiger partial charge in [0.05, 0.1) is 23.4 Å². The highest BCUT2D eigenvalue weighted by molar-refractivity contribution is 7.21. The van der Waals surface area contributed by atoms with Crippen molar-refractivity contribution in [1.82, 2.24) is 15.2 Å². The van der Waals surface area contributed by atoms with E-state index in [4.69, 9.17) is 10.5 Å². The number of aromatic nitrogens is 1. The third kappa shape index (κ3) is 4.61. The van der Waals surface area contributed by atoms with Gasteiger partial charge in [-0.25, -0.2) is 4.98 Å². The smallest absolute Gasteiger partial charge is 0.251 e. The molecular weight excluding hydrogens is 388 g/mol. The van der Waals surface area contributed by atoms with Crippen molar-refractivity contribution >= 4 is 33.4 Å². The fourth-order valence-corrected chi connectivity index (χ4v) is 4.23. The van der Waals surface area contributed by atoms with E-state index < -0.39 is 5.91 Å². The van der Waals surface area contributed by atoms with Gasteiger partial charge in [0.25, 0.3) is 5.91 Å². The van der Waals surface area contributed by atoms with E-state index in [1.165, 1.54) is 11.3 Å². The summed E-state index contributed by atoms with van der Waals surface area (Å²) in [6.45, 7) is 4.76. The van der Waals surface area contributed by atoms with Crippen LogP contribution in [0.5, 0.6) is 0 Å². The van der Waals surface area contributed by atoms with Gasteiger partial charge in [0, 0.05) is 42.9 Å². The number of nitrogens with zero attached hydrogens (tertiary/aromatic N) is 2. The highest BCUT2D eigenvalue weighted by Crippen LogP contribution is 2.30. The average Bonchev–Trinajstić information content (AvgIpc) is 3.18. The molecule has 0 aliphatic carbocycles. The van der Waals surface area contributed by atoms with Gasteiger partial charge in [-0.15, -0.1) is 11.3 Å². The molecule has 3 aromatic rings. The predicted octanol–water partition coefficient (Wildman–Crippen LogP) is 2.12. The van der Waals surface area contributed by atoms with E-state index in [0.717, 1.165) is 53.6 Å². The number of hydrogen-bond donors (Lipinski definition) is 2. The van der Waals surface area contributed by atoms with Crippen LogP contribution in [0.4, 0.5) is 0 Å². The average molecular weight is 410 g/mol. The zero-order valence-corrected chi connectivity index (χ0v) is 16.7. The van der Waals surface area contributed by atoms with Crippen molar-refractivity contribution in [3.8, 4) is 10.6 Å². The number of nitrogens with two attached hydrogens (primary N) is 1. The molecule has 0 atom stereocenters. The van der Waals surface area contributed by atoms with E-state index in [1.54, 1.807) is 18.2 Å². The fourth-order valence-electron chi connectivity index (χ4n) is 3.22. The summed E-state index contributed by atoms with van der Waals surface area (Å²) in [5.74, 6) is -0.536. The van der Waals surface area contributed by atoms with Crippen LogP contribution in [0.1, 0.15) is 20.7 Å². The normalized spacial score (nSPS) is 14.8. The molecule has 1 aliphatic heterocycles. The molecule has 2 amide bonds. The van der Waals surface area contributed by atoms with E-state index in [-0.39, 0.29) is 5.91 Å². The first-order valence-electron chi connectivity index (χ1n) is 9.49. The summed E-state index contributed by atoms with van der Waals surface area (Å²) in [5, 5.41) is 3.82. The van der Waals surface area contributed by atoms with Crippen LogP contribution in [0.3, 0.4) is 0 Å². The van der Waals surface area contributed by atoms with Crippen LogP contribution in [0.2, 0.25) is 0 Å². The number of hydrogen-bond acceptors (Lipinski definition) is 6. The summed E-state index contributed by atoms with van der Waals surface area (Å²) in [4.78, 5) is 30.6. The molecule has 0 bridgehead atoms. The molecule has 0 radical (unpaired) electrons. The number of benzene rings is 2. The third-order valence-corrected chi connectivity index (χ3v) is 5.95. The Morgan fingerprint density at radius 1 is 1.10 bits per heavy atom. The van der Waals surface area contributed by atoms with Gasteiger partial charge in [-0.2, -0.15) is 0 Å². The molecule has 7 nitrogen and oxygen atoms in total. The molecule has 1 fully saturated rings. The second-order valence-electron chi connectivity index (χ2n) is 6.85. The topological polar surface area (TPSA) is 97.6 Å². The first-order valence-corrected chi connectivity index (χ1v) is 10.3. The first-order chi connectivity index (χ1) is 14.1. The lowest BCUT2D eigenvalue weighted by atomic mass is 10.1. The van der Waals surface area contributed by atoms with Crippen LogP contribution in [0, 0.1) is 0 Å². The summed E-state index contributed by atoms with van der Waals surface area (Å²) in [6, 6.07) is 12.6. The Bertz CT molecular complexity index is 1030. The number of rotatable bonds is 6. The molecule has 3 N–H and O–H groups in total. The molecule has 0 spiro atoms. The van der Waals surface area contributed by atoms with Crippen LogP contribution in [-0.2, 0) is 4.74 Å². The number of fused-ring (bicyclic) bond motifs is 1. The van der Waals surface area contributed by atoms with Crippen molar-refractivity contribution in [3.63, 3.8) is 0 Å². The number of carbonyl (C=O) groups is 2. The molecule has 1 saturated heterocycles. The lowest BCUT2D eigenvalue weighted by molar-refractivity contribution is 0.0383. The number of carbonyl (C=O) groups excluding carboxylic acids is 2. The molecule has 1 aliphatic rings. The lowest BCUT2D eigenvalue weighted by Gasteiger charge is -2.26. The van der Waals surface area contributed by atoms with Crippen molar-refractivity contribution < 1.29 is 14.3 Å². The molecule has 4 rings (SSSR count). The predicted molar refractivity (Wildman–Crippen MR) is 113 cm³/mol. The quantitative estimate of drug-likeness (QED) is 0.649. The Morgan fingerprint density at radius 2 is 1.83 bits per heavy atom. The SMILES string of the molecule is NC(=O)c1ccc(-c2nc3ccc(C(=O)NCCN4CCOCC4)cc3s2)cc1. The molecule has 29 heavy (non-hydrogen) atoms. The molecule has 0 unspecified atom stereocenters. The Hall–Kier alpha value is -2.81. The second kappa shape index (κ2) is 8.69. The minimum atomic E-state index is -0.454. The summed E-state index contributed by atoms with van der Waals surface area (Å²) in [6.07, 6.45) is 0. The van der Waals surface area contributed by atoms with Crippen LogP contribution >= 0.6 is 11.3 Å². The maximum absolute atomic E-state index is 12.5. The zero-order chi connectivity index (χ0) is 20.2. The van der Waals surface area contributed by atoms with Crippen LogP contribution in [0.25, 0.3) is 20.8 Å². The lowest BCUT2D eigenvalue weighted by Crippen LogP contribution is -2.41. The van der Waals surface area contributed by atoms with E-state index in [9.17, 15) is 9.59 Å². The summed E-state index contributed by atoms with van der Waals surface area (Å²) in [7, 11) is 0. The minimum absolute atomic E-state index is 0.0825. The van der Waals surface area contributed by atoms with Crippen molar-refractivity contribution in [3.05, 3.63) is 53.6 Å². The van der Waals surface area contributed by atoms with Crippen molar-refractivity contribution in [2.75, 3.05) is 39.4 Å². The van der Waals surface area contributed by atoms with Crippen molar-refractivity contribution in [2.45, 2.75) is 0 Å². The van der Waals surface area contributed by atoms with Crippen molar-refractivity contribution in [1.29, 1.82) is 0 Å². The van der Waals surface area contributed by atoms with Gasteiger partial charge in [-0.05, 0) is 30.3 Å². The van der Waals surface area contributed by atoms with Gasteiger partial charge in [0.15, 0.2) is 0 Å². The van der Waals surface area contributed by atoms with Crippen LogP contribution in [-0.4, -0.2) is 61.1 Å². The fraction of sp³-hybridized carbons (Fsp3) is 0.286. The van der Waals surface area contributed by atoms with Crippen LogP contribution < -0.4 is 11.1 Å². The van der Waals surface area contributed by atoms with Gasteiger partial charge in [0.2, 0.25) is 5.91 Å². The second-order valence-corrected chi connectivity index (χ2v) is 7.88. The Balaban J connectivity index is 1.43. The van der Waals surface area contributed by atoms with E-state index in [0.29, 0.717) is 17.7 Å². The molecule has 2 aromatic carbocycles. The third-order valence-electron chi connectivity index (χ3n) is 4.88. The number of morpholine rings is 1. The van der Waals surface area contributed by atoms with Crippen molar-refractivity contribution in [2.24, 2.45) is 5.73 Å². The Morgan fingerprint density at radius 3 is 2.55 bits per heavy atom. The Labute approximate surface area is 172 Å². The number of nitrogens with one attached hydrogen (secondary N) is 1. The highest BCUT2D eigenvalue weighted by atomic mass is 32.1. The first kappa shape index (κ1) is 19.5. The standard InChI is InChI=1S/C21H22N4O3S/c22-19(26)14-1-3-15(4-2-14)21-24-17-6-5-16(13-18(17)29-21)20(27)23-7-8-25-9-11-28-12-10-25/h1-6,13H,7-12H2,(H2,22,26)(H,23,27). The maximum Gasteiger partial charge on any atom is 0.251 e. The number of ether oxygens (including phenoxy) is 1. The molecule has 0 saturated carbocycles. The summed E-state index contributed by atoms with van der Waals surface area (Å²) >= 11 is 1.51. The van der Waals surface area contributed by atoms with Gasteiger partial charge >= 0.3 is 0 Å². The minimum Gasteiger partial charge on any atom is -0.379 e. The number of amides is 2. The van der Waals surface area contributed by atoms with E-state index in [2.05, 4.69) is 15.2 Å².